The zero-order valence-corrected chi connectivity index (χ0v) is 22.0. The molecule has 0 aromatic carbocycles. The number of rotatable bonds is 3. The highest BCUT2D eigenvalue weighted by Gasteiger charge is 2.61. The molecule has 0 radical (unpaired) electrons. The lowest BCUT2D eigenvalue weighted by Crippen LogP contribution is -2.64. The topological polar surface area (TPSA) is 15.3 Å². The Labute approximate surface area is 202 Å². The molecule has 6 atom stereocenters. The lowest BCUT2D eigenvalue weighted by Gasteiger charge is -2.51. The number of hydrogen-bond acceptors (Lipinski definition) is 2. The van der Waals surface area contributed by atoms with Crippen LogP contribution in [-0.2, 0) is 0 Å². The molecule has 0 aromatic rings. The maximum atomic E-state index is 4.18. The molecule has 0 spiro atoms. The molecule has 1 aliphatic heterocycles. The van der Waals surface area contributed by atoms with Crippen LogP contribution < -0.4 is 5.32 Å². The van der Waals surface area contributed by atoms with Crippen LogP contribution in [0.25, 0.3) is 0 Å². The van der Waals surface area contributed by atoms with Crippen molar-refractivity contribution in [3.63, 3.8) is 0 Å². The van der Waals surface area contributed by atoms with E-state index in [1.165, 1.54) is 32.1 Å². The van der Waals surface area contributed by atoms with Gasteiger partial charge in [-0.2, -0.15) is 0 Å². The number of allylic oxidation sites excluding steroid dienone is 10. The van der Waals surface area contributed by atoms with E-state index in [9.17, 15) is 0 Å². The van der Waals surface area contributed by atoms with Crippen molar-refractivity contribution in [2.45, 2.75) is 82.3 Å². The van der Waals surface area contributed by atoms with Crippen LogP contribution in [0.5, 0.6) is 0 Å². The molecule has 33 heavy (non-hydrogen) atoms. The zero-order valence-electron chi connectivity index (χ0n) is 21.0. The van der Waals surface area contributed by atoms with Gasteiger partial charge in [0.05, 0.1) is 5.66 Å². The van der Waals surface area contributed by atoms with E-state index >= 15 is 0 Å². The summed E-state index contributed by atoms with van der Waals surface area (Å²) in [5, 5.41) is 4.18. The lowest BCUT2D eigenvalue weighted by molar-refractivity contribution is 0.227. The van der Waals surface area contributed by atoms with Gasteiger partial charge in [-0.1, -0.05) is 99.2 Å². The second kappa shape index (κ2) is 8.07. The van der Waals surface area contributed by atoms with E-state index in [1.807, 2.05) is 0 Å². The van der Waals surface area contributed by atoms with Gasteiger partial charge in [0.1, 0.15) is 8.24 Å². The molecule has 1 heterocycles. The van der Waals surface area contributed by atoms with E-state index < -0.39 is 8.24 Å². The minimum atomic E-state index is -1.85. The van der Waals surface area contributed by atoms with Crippen LogP contribution >= 0.6 is 0 Å². The van der Waals surface area contributed by atoms with Crippen molar-refractivity contribution in [3.05, 3.63) is 72.4 Å². The Morgan fingerprint density at radius 3 is 1.97 bits per heavy atom. The fourth-order valence-electron chi connectivity index (χ4n) is 8.98. The molecule has 3 heteroatoms. The molecule has 5 unspecified atom stereocenters. The van der Waals surface area contributed by atoms with Crippen LogP contribution in [-0.4, -0.2) is 30.5 Å². The Hall–Kier alpha value is -1.42. The predicted molar refractivity (Wildman–Crippen MR) is 142 cm³/mol. The van der Waals surface area contributed by atoms with Gasteiger partial charge in [0.2, 0.25) is 0 Å². The maximum absolute atomic E-state index is 4.18. The molecule has 0 amide bonds. The molecular formula is C30H42N2Si. The summed E-state index contributed by atoms with van der Waals surface area (Å²) in [6.45, 7) is 10.3. The van der Waals surface area contributed by atoms with E-state index in [2.05, 4.69) is 104 Å². The van der Waals surface area contributed by atoms with Gasteiger partial charge in [0.25, 0.3) is 0 Å². The zero-order chi connectivity index (χ0) is 22.8. The van der Waals surface area contributed by atoms with Crippen molar-refractivity contribution >= 4 is 8.24 Å². The van der Waals surface area contributed by atoms with Gasteiger partial charge < -0.3 is 0 Å². The van der Waals surface area contributed by atoms with Crippen molar-refractivity contribution < 1.29 is 0 Å². The highest BCUT2D eigenvalue weighted by atomic mass is 28.3. The van der Waals surface area contributed by atoms with Crippen molar-refractivity contribution in [1.29, 1.82) is 0 Å². The summed E-state index contributed by atoms with van der Waals surface area (Å²) >= 11 is 0. The average molecular weight is 459 g/mol. The summed E-state index contributed by atoms with van der Waals surface area (Å²) in [7, 11) is -1.85. The average Bonchev–Trinajstić information content (AvgIpc) is 3.30. The molecule has 0 aromatic heterocycles. The van der Waals surface area contributed by atoms with E-state index in [1.54, 1.807) is 5.57 Å². The third-order valence-electron chi connectivity index (χ3n) is 9.94. The van der Waals surface area contributed by atoms with Gasteiger partial charge in [0, 0.05) is 12.1 Å². The third-order valence-corrected chi connectivity index (χ3v) is 14.4. The number of nitrogens with zero attached hydrogens (tertiary/aromatic N) is 1. The van der Waals surface area contributed by atoms with Gasteiger partial charge in [-0.05, 0) is 67.4 Å². The fourth-order valence-corrected chi connectivity index (χ4v) is 14.4. The Kier molecular flexibility index (Phi) is 5.40. The van der Waals surface area contributed by atoms with E-state index in [4.69, 9.17) is 0 Å². The second-order valence-corrected chi connectivity index (χ2v) is 16.9. The highest BCUT2D eigenvalue weighted by Crippen LogP contribution is 2.60. The predicted octanol–water partition coefficient (Wildman–Crippen LogP) is 6.75. The summed E-state index contributed by atoms with van der Waals surface area (Å²) in [5.41, 5.74) is 2.45. The lowest BCUT2D eigenvalue weighted by atomic mass is 9.78. The summed E-state index contributed by atoms with van der Waals surface area (Å²) in [6, 6.07) is 0.976. The van der Waals surface area contributed by atoms with Gasteiger partial charge in [-0.3, -0.25) is 9.88 Å². The van der Waals surface area contributed by atoms with Crippen molar-refractivity contribution in [1.82, 2.24) is 9.88 Å². The smallest absolute Gasteiger partial charge is 0.129 e. The first-order chi connectivity index (χ1) is 15.9. The molecule has 5 aliphatic carbocycles. The van der Waals surface area contributed by atoms with Crippen molar-refractivity contribution in [2.75, 3.05) is 0 Å². The first kappa shape index (κ1) is 22.1. The van der Waals surface area contributed by atoms with Crippen molar-refractivity contribution in [3.8, 4) is 0 Å². The molecule has 6 aliphatic rings. The normalized spacial score (nSPS) is 41.7. The first-order valence-electron chi connectivity index (χ1n) is 13.5. The molecule has 1 saturated heterocycles. The molecule has 6 rings (SSSR count). The van der Waals surface area contributed by atoms with Crippen LogP contribution in [0.3, 0.4) is 0 Å². The van der Waals surface area contributed by atoms with Crippen molar-refractivity contribution in [2.24, 2.45) is 29.6 Å². The number of nitrogens with one attached hydrogen (secondary N) is 1. The largest absolute Gasteiger partial charge is 0.299 e. The molecule has 0 bridgehead atoms. The Bertz CT molecular complexity index is 924. The minimum Gasteiger partial charge on any atom is -0.299 e. The first-order valence-corrected chi connectivity index (χ1v) is 16.6. The van der Waals surface area contributed by atoms with Gasteiger partial charge in [-0.25, -0.2) is 0 Å². The number of fused-ring (bicyclic) bond motifs is 4. The Morgan fingerprint density at radius 2 is 1.36 bits per heavy atom. The molecule has 3 fully saturated rings. The Morgan fingerprint density at radius 1 is 0.788 bits per heavy atom. The van der Waals surface area contributed by atoms with E-state index in [0.29, 0.717) is 35.8 Å². The summed E-state index contributed by atoms with van der Waals surface area (Å²) in [4.78, 5) is 0. The molecular weight excluding hydrogens is 416 g/mol. The summed E-state index contributed by atoms with van der Waals surface area (Å²) in [5.74, 6) is 3.42. The summed E-state index contributed by atoms with van der Waals surface area (Å²) in [6.07, 6.45) is 33.8. The monoisotopic (exact) mass is 458 g/mol. The third kappa shape index (κ3) is 3.41. The van der Waals surface area contributed by atoms with Gasteiger partial charge in [-0.15, -0.1) is 0 Å². The SMILES string of the molecule is CC1(C)NC2C(C3CCCCC3)=CC=C[C@H]2N1[Si](C)(C)C1C2C=CC=CC2C2C=CC=CC21. The molecule has 2 saturated carbocycles. The van der Waals surface area contributed by atoms with Gasteiger partial charge in [0.15, 0.2) is 0 Å². The van der Waals surface area contributed by atoms with Crippen LogP contribution in [0.4, 0.5) is 0 Å². The molecule has 1 N–H and O–H groups in total. The highest BCUT2D eigenvalue weighted by molar-refractivity contribution is 6.76. The maximum Gasteiger partial charge on any atom is 0.129 e. The van der Waals surface area contributed by atoms with E-state index in [-0.39, 0.29) is 5.66 Å². The van der Waals surface area contributed by atoms with Crippen LogP contribution in [0, 0.1) is 29.6 Å². The summed E-state index contributed by atoms with van der Waals surface area (Å²) < 4.78 is 3.01. The quantitative estimate of drug-likeness (QED) is 0.471. The standard InChI is InChI=1S/C30H42N2Si/c1-30(2)31-28-22(21-13-6-5-7-14-21)19-12-20-27(28)32(30)33(3,4)29-25-17-10-8-15-23(25)24-16-9-11-18-26(24)29/h8-12,15-21,23-29,31H,5-7,13-14H2,1-4H3/t23?,24?,25?,26?,27-,28?,29?/m1/s1. The second-order valence-electron chi connectivity index (χ2n) is 12.5. The molecule has 2 nitrogen and oxygen atoms in total. The van der Waals surface area contributed by atoms with Crippen LogP contribution in [0.2, 0.25) is 18.6 Å². The Balaban J connectivity index is 1.36. The minimum absolute atomic E-state index is 0.0174. The molecule has 176 valence electrons. The van der Waals surface area contributed by atoms with Crippen LogP contribution in [0.1, 0.15) is 46.0 Å². The van der Waals surface area contributed by atoms with Gasteiger partial charge >= 0.3 is 0 Å². The fraction of sp³-hybridized carbons (Fsp3) is 0.600. The number of hydrogen-bond donors (Lipinski definition) is 1. The van der Waals surface area contributed by atoms with Crippen LogP contribution in [0.15, 0.2) is 72.4 Å². The van der Waals surface area contributed by atoms with E-state index in [0.717, 1.165) is 11.5 Å².